The van der Waals surface area contributed by atoms with E-state index in [1.807, 2.05) is 0 Å². The maximum Gasteiger partial charge on any atom is 0.0953 e. The van der Waals surface area contributed by atoms with Crippen molar-refractivity contribution < 1.29 is 4.74 Å². The van der Waals surface area contributed by atoms with Crippen LogP contribution in [0, 0.1) is 0 Å². The molecule has 0 unspecified atom stereocenters. The molecular formula is C14H24O. The van der Waals surface area contributed by atoms with Crippen molar-refractivity contribution in [1.82, 2.24) is 0 Å². The first kappa shape index (κ1) is 11.0. The maximum atomic E-state index is 5.74. The molecule has 1 heteroatoms. The summed E-state index contributed by atoms with van der Waals surface area (Å²) in [5.74, 6) is 1.37. The first-order valence-electron chi connectivity index (χ1n) is 6.80. The molecule has 0 aromatic rings. The van der Waals surface area contributed by atoms with Crippen molar-refractivity contribution in [3.05, 3.63) is 11.3 Å². The van der Waals surface area contributed by atoms with Gasteiger partial charge in [0.2, 0.25) is 0 Å². The van der Waals surface area contributed by atoms with E-state index in [1.165, 1.54) is 76.4 Å². The van der Waals surface area contributed by atoms with Crippen LogP contribution < -0.4 is 0 Å². The van der Waals surface area contributed by atoms with Crippen LogP contribution in [0.4, 0.5) is 0 Å². The third-order valence-corrected chi connectivity index (χ3v) is 3.71. The van der Waals surface area contributed by atoms with E-state index in [4.69, 9.17) is 4.74 Å². The largest absolute Gasteiger partial charge is 0.498 e. The van der Waals surface area contributed by atoms with Crippen molar-refractivity contribution in [3.8, 4) is 0 Å². The summed E-state index contributed by atoms with van der Waals surface area (Å²) < 4.78 is 5.74. The van der Waals surface area contributed by atoms with E-state index < -0.39 is 0 Å². The summed E-state index contributed by atoms with van der Waals surface area (Å²) in [4.78, 5) is 0. The van der Waals surface area contributed by atoms with E-state index in [0.717, 1.165) is 6.61 Å². The molecule has 2 rings (SSSR count). The van der Waals surface area contributed by atoms with E-state index in [-0.39, 0.29) is 0 Å². The monoisotopic (exact) mass is 208 g/mol. The van der Waals surface area contributed by atoms with E-state index in [2.05, 4.69) is 0 Å². The van der Waals surface area contributed by atoms with Crippen LogP contribution in [-0.2, 0) is 4.74 Å². The minimum absolute atomic E-state index is 0.963. The Morgan fingerprint density at radius 2 is 1.20 bits per heavy atom. The predicted molar refractivity (Wildman–Crippen MR) is 63.8 cm³/mol. The molecule has 86 valence electrons. The lowest BCUT2D eigenvalue weighted by Gasteiger charge is -2.09. The molecule has 0 amide bonds. The highest BCUT2D eigenvalue weighted by atomic mass is 16.5. The van der Waals surface area contributed by atoms with E-state index in [1.54, 1.807) is 5.57 Å². The summed E-state index contributed by atoms with van der Waals surface area (Å²) in [5, 5.41) is 0. The van der Waals surface area contributed by atoms with E-state index in [0.29, 0.717) is 0 Å². The van der Waals surface area contributed by atoms with Crippen molar-refractivity contribution in [2.24, 2.45) is 0 Å². The normalized spacial score (nSPS) is 25.1. The van der Waals surface area contributed by atoms with Gasteiger partial charge in [-0.1, -0.05) is 38.5 Å². The zero-order chi connectivity index (χ0) is 10.3. The number of rotatable bonds is 0. The Balaban J connectivity index is 1.86. The van der Waals surface area contributed by atoms with Gasteiger partial charge in [-0.15, -0.1) is 0 Å². The van der Waals surface area contributed by atoms with Gasteiger partial charge < -0.3 is 4.74 Å². The number of allylic oxidation sites excluding steroid dienone is 1. The fourth-order valence-electron chi connectivity index (χ4n) is 2.74. The van der Waals surface area contributed by atoms with Crippen molar-refractivity contribution in [3.63, 3.8) is 0 Å². The summed E-state index contributed by atoms with van der Waals surface area (Å²) in [6.45, 7) is 0.963. The molecule has 0 aromatic carbocycles. The van der Waals surface area contributed by atoms with Crippen LogP contribution in [0.3, 0.4) is 0 Å². The molecule has 2 aliphatic rings. The van der Waals surface area contributed by atoms with Gasteiger partial charge in [0.25, 0.3) is 0 Å². The molecule has 0 saturated carbocycles. The van der Waals surface area contributed by atoms with Crippen molar-refractivity contribution in [1.29, 1.82) is 0 Å². The minimum Gasteiger partial charge on any atom is -0.498 e. The van der Waals surface area contributed by atoms with Crippen LogP contribution in [0.2, 0.25) is 0 Å². The Bertz CT molecular complexity index is 195. The van der Waals surface area contributed by atoms with Gasteiger partial charge in [0.1, 0.15) is 0 Å². The lowest BCUT2D eigenvalue weighted by Crippen LogP contribution is -1.91. The van der Waals surface area contributed by atoms with Gasteiger partial charge in [0.15, 0.2) is 0 Å². The zero-order valence-electron chi connectivity index (χ0n) is 9.89. The quantitative estimate of drug-likeness (QED) is 0.566. The first-order valence-corrected chi connectivity index (χ1v) is 6.80. The summed E-state index contributed by atoms with van der Waals surface area (Å²) in [6, 6.07) is 0. The maximum absolute atomic E-state index is 5.74. The van der Waals surface area contributed by atoms with Crippen molar-refractivity contribution in [2.75, 3.05) is 6.61 Å². The van der Waals surface area contributed by atoms with Gasteiger partial charge in [-0.3, -0.25) is 0 Å². The zero-order valence-corrected chi connectivity index (χ0v) is 9.89. The van der Waals surface area contributed by atoms with Gasteiger partial charge >= 0.3 is 0 Å². The molecule has 0 spiro atoms. The Labute approximate surface area is 93.9 Å². The average Bonchev–Trinajstić information content (AvgIpc) is 2.65. The molecule has 0 aromatic heterocycles. The molecule has 0 atom stereocenters. The third-order valence-electron chi connectivity index (χ3n) is 3.71. The minimum atomic E-state index is 0.963. The summed E-state index contributed by atoms with van der Waals surface area (Å²) in [5.41, 5.74) is 1.65. The number of ether oxygens (including phenoxy) is 1. The molecule has 0 radical (unpaired) electrons. The first-order chi connectivity index (χ1) is 7.47. The lowest BCUT2D eigenvalue weighted by atomic mass is 9.99. The van der Waals surface area contributed by atoms with Crippen molar-refractivity contribution >= 4 is 0 Å². The number of hydrogen-bond acceptors (Lipinski definition) is 1. The molecule has 15 heavy (non-hydrogen) atoms. The molecule has 1 heterocycles. The van der Waals surface area contributed by atoms with Gasteiger partial charge in [-0.25, -0.2) is 0 Å². The highest BCUT2D eigenvalue weighted by Gasteiger charge is 2.15. The summed E-state index contributed by atoms with van der Waals surface area (Å²) >= 11 is 0. The van der Waals surface area contributed by atoms with Gasteiger partial charge in [-0.05, 0) is 24.8 Å². The molecule has 0 fully saturated rings. The summed E-state index contributed by atoms with van der Waals surface area (Å²) in [6.07, 6.45) is 15.1. The van der Waals surface area contributed by atoms with Gasteiger partial charge in [0, 0.05) is 12.8 Å². The second kappa shape index (κ2) is 6.19. The lowest BCUT2D eigenvalue weighted by molar-refractivity contribution is 0.231. The summed E-state index contributed by atoms with van der Waals surface area (Å²) in [7, 11) is 0. The predicted octanol–water partition coefficient (Wildman–Crippen LogP) is 4.58. The van der Waals surface area contributed by atoms with Crippen LogP contribution in [0.5, 0.6) is 0 Å². The molecule has 1 nitrogen and oxygen atoms in total. The standard InChI is InChI=1S/C14H24O/c1-2-4-6-8-10-14-13(11-12-15-14)9-7-5-3-1/h1-12H2. The van der Waals surface area contributed by atoms with Crippen LogP contribution in [0.25, 0.3) is 0 Å². The molecule has 0 saturated heterocycles. The van der Waals surface area contributed by atoms with Crippen molar-refractivity contribution in [2.45, 2.75) is 70.6 Å². The van der Waals surface area contributed by atoms with Crippen LogP contribution in [0.1, 0.15) is 70.6 Å². The Hall–Kier alpha value is -0.460. The molecule has 0 bridgehead atoms. The van der Waals surface area contributed by atoms with E-state index in [9.17, 15) is 0 Å². The fourth-order valence-corrected chi connectivity index (χ4v) is 2.74. The van der Waals surface area contributed by atoms with Gasteiger partial charge in [0.05, 0.1) is 12.4 Å². The van der Waals surface area contributed by atoms with E-state index >= 15 is 0 Å². The smallest absolute Gasteiger partial charge is 0.0953 e. The average molecular weight is 208 g/mol. The topological polar surface area (TPSA) is 9.23 Å². The molecular weight excluding hydrogens is 184 g/mol. The Morgan fingerprint density at radius 1 is 0.600 bits per heavy atom. The van der Waals surface area contributed by atoms with Gasteiger partial charge in [-0.2, -0.15) is 0 Å². The number of hydrogen-bond donors (Lipinski definition) is 0. The third kappa shape index (κ3) is 3.55. The highest BCUT2D eigenvalue weighted by Crippen LogP contribution is 2.28. The molecule has 0 N–H and O–H groups in total. The molecule has 1 aliphatic carbocycles. The van der Waals surface area contributed by atoms with Crippen LogP contribution in [0.15, 0.2) is 11.3 Å². The Morgan fingerprint density at radius 3 is 1.93 bits per heavy atom. The van der Waals surface area contributed by atoms with Crippen LogP contribution >= 0.6 is 0 Å². The second-order valence-electron chi connectivity index (χ2n) is 4.95. The van der Waals surface area contributed by atoms with Crippen LogP contribution in [-0.4, -0.2) is 6.61 Å². The Kier molecular flexibility index (Phi) is 4.56. The second-order valence-corrected chi connectivity index (χ2v) is 4.95. The molecule has 1 aliphatic heterocycles. The fraction of sp³-hybridized carbons (Fsp3) is 0.857. The highest BCUT2D eigenvalue weighted by molar-refractivity contribution is 5.12. The SMILES string of the molecule is C1CCCCCC2=C(CCCC1)CCO2.